The highest BCUT2D eigenvalue weighted by molar-refractivity contribution is 5.69. The molecule has 0 saturated carbocycles. The topological polar surface area (TPSA) is 82.2 Å². The number of fused-ring (bicyclic) bond motifs is 2. The van der Waals surface area contributed by atoms with E-state index in [9.17, 15) is 5.11 Å². The third kappa shape index (κ3) is 9.23. The summed E-state index contributed by atoms with van der Waals surface area (Å²) in [5.41, 5.74) is 12.7. The van der Waals surface area contributed by atoms with Gasteiger partial charge in [-0.15, -0.1) is 0 Å². The molecule has 0 radical (unpaired) electrons. The first-order chi connectivity index (χ1) is 40.5. The molecule has 0 bridgehead atoms. The summed E-state index contributed by atoms with van der Waals surface area (Å²) in [7, 11) is 0. The molecule has 4 atom stereocenters. The summed E-state index contributed by atoms with van der Waals surface area (Å²) in [6.07, 6.45) is 0.960. The number of epoxide rings is 2. The van der Waals surface area contributed by atoms with Gasteiger partial charge in [-0.3, -0.25) is 0 Å². The zero-order chi connectivity index (χ0) is 55.0. The fourth-order valence-corrected chi connectivity index (χ4v) is 13.7. The van der Waals surface area contributed by atoms with Crippen LogP contribution >= 0.6 is 0 Å². The lowest BCUT2D eigenvalue weighted by atomic mass is 9.64. The largest absolute Gasteiger partial charge is 0.491 e. The van der Waals surface area contributed by atoms with Gasteiger partial charge < -0.3 is 33.5 Å². The van der Waals surface area contributed by atoms with Crippen molar-refractivity contribution >= 4 is 0 Å². The summed E-state index contributed by atoms with van der Waals surface area (Å²) < 4.78 is 36.0. The molecule has 82 heavy (non-hydrogen) atoms. The van der Waals surface area contributed by atoms with Crippen molar-refractivity contribution < 1.29 is 33.5 Å². The third-order valence-electron chi connectivity index (χ3n) is 17.8. The molecule has 7 nitrogen and oxygen atoms in total. The van der Waals surface area contributed by atoms with Crippen LogP contribution in [0.1, 0.15) is 79.6 Å². The minimum Gasteiger partial charge on any atom is -0.491 e. The number of hydrogen-bond donors (Lipinski definition) is 1. The highest BCUT2D eigenvalue weighted by atomic mass is 16.6. The van der Waals surface area contributed by atoms with E-state index in [0.717, 1.165) is 48.7 Å². The summed E-state index contributed by atoms with van der Waals surface area (Å²) >= 11 is 0. The lowest BCUT2D eigenvalue weighted by Gasteiger charge is -2.37. The van der Waals surface area contributed by atoms with E-state index in [4.69, 9.17) is 28.4 Å². The molecule has 0 aromatic heterocycles. The molecule has 4 aliphatic rings. The minimum absolute atomic E-state index is 0.0538. The maximum atomic E-state index is 11.5. The molecule has 2 fully saturated rings. The van der Waals surface area contributed by atoms with Crippen molar-refractivity contribution in [3.05, 3.63) is 334 Å². The van der Waals surface area contributed by atoms with Gasteiger partial charge in [-0.1, -0.05) is 218 Å². The van der Waals surface area contributed by atoms with Gasteiger partial charge in [0, 0.05) is 21.7 Å². The molecular formula is C75H64O7. The van der Waals surface area contributed by atoms with E-state index >= 15 is 0 Å². The van der Waals surface area contributed by atoms with Crippen molar-refractivity contribution in [3.63, 3.8) is 0 Å². The summed E-state index contributed by atoms with van der Waals surface area (Å²) in [5, 5.41) is 11.5. The summed E-state index contributed by atoms with van der Waals surface area (Å²) in [6, 6.07) is 95.9. The van der Waals surface area contributed by atoms with Gasteiger partial charge >= 0.3 is 0 Å². The molecule has 2 aliphatic carbocycles. The van der Waals surface area contributed by atoms with Crippen molar-refractivity contribution in [3.8, 4) is 23.0 Å². The van der Waals surface area contributed by atoms with Gasteiger partial charge in [0.05, 0.1) is 13.2 Å². The fourth-order valence-electron chi connectivity index (χ4n) is 13.7. The van der Waals surface area contributed by atoms with E-state index in [1.165, 1.54) is 55.6 Å². The predicted molar refractivity (Wildman–Crippen MR) is 321 cm³/mol. The van der Waals surface area contributed by atoms with Crippen molar-refractivity contribution in [1.82, 2.24) is 0 Å². The smallest absolute Gasteiger partial charge is 0.122 e. The number of aliphatic hydroxyl groups excluding tert-OH is 1. The van der Waals surface area contributed by atoms with Crippen molar-refractivity contribution in [2.75, 3.05) is 39.6 Å². The quantitative estimate of drug-likeness (QED) is 0.0762. The van der Waals surface area contributed by atoms with Gasteiger partial charge in [0.15, 0.2) is 0 Å². The van der Waals surface area contributed by atoms with Gasteiger partial charge in [0.1, 0.15) is 67.7 Å². The lowest BCUT2D eigenvalue weighted by molar-refractivity contribution is 0.0626. The second kappa shape index (κ2) is 21.6. The Morgan fingerprint density at radius 2 is 0.524 bits per heavy atom. The van der Waals surface area contributed by atoms with Gasteiger partial charge in [-0.25, -0.2) is 0 Å². The third-order valence-corrected chi connectivity index (χ3v) is 17.8. The van der Waals surface area contributed by atoms with Gasteiger partial charge in [0.25, 0.3) is 0 Å². The van der Waals surface area contributed by atoms with Crippen molar-refractivity contribution in [2.24, 2.45) is 0 Å². The molecule has 2 saturated heterocycles. The fraction of sp³-hybridized carbons (Fsp3) is 0.200. The second-order valence-corrected chi connectivity index (χ2v) is 22.4. The Morgan fingerprint density at radius 3 is 0.768 bits per heavy atom. The Hall–Kier alpha value is -8.72. The first-order valence-corrected chi connectivity index (χ1v) is 28.7. The van der Waals surface area contributed by atoms with Crippen LogP contribution in [-0.4, -0.2) is 63.1 Å². The molecule has 2 heterocycles. The van der Waals surface area contributed by atoms with Crippen LogP contribution in [-0.2, 0) is 31.1 Å². The maximum Gasteiger partial charge on any atom is 0.122 e. The Kier molecular flexibility index (Phi) is 13.6. The Morgan fingerprint density at radius 1 is 0.305 bits per heavy atom. The standard InChI is InChI=1S/C75H64O7/c76-61(45-77-62-37-29-57(30-38-62)74(59-33-41-64(42-34-59)79-47-66-49-81-66)51-72(53-17-5-1-6-18-53,54-19-7-2-8-20-54)68-25-13-15-27-70(68)74)46-78-63-39-31-58(32-40-63)75(60-35-43-65(44-36-60)80-48-67-50-82-67)52-73(55-21-9-3-10-22-55,56-23-11-4-12-24-56)69-26-14-16-28-71(69)75/h1-44,61,66-67,76H,45-52H2. The first-order valence-electron chi connectivity index (χ1n) is 28.7. The SMILES string of the molecule is OC(COc1ccc(C2(c3ccc(OCC4CO4)cc3)CC(c3ccccc3)(c3ccccc3)c3ccccc32)cc1)COc1ccc(C2(c3ccc(OCC4CO4)cc3)CC(c3ccccc3)(c3ccccc3)c3ccccc32)cc1. The van der Waals surface area contributed by atoms with Crippen molar-refractivity contribution in [1.29, 1.82) is 0 Å². The summed E-state index contributed by atoms with van der Waals surface area (Å²) in [5.74, 6) is 2.97. The number of benzene rings is 10. The van der Waals surface area contributed by atoms with Gasteiger partial charge in [-0.2, -0.15) is 0 Å². The predicted octanol–water partition coefficient (Wildman–Crippen LogP) is 14.2. The van der Waals surface area contributed by atoms with E-state index in [0.29, 0.717) is 24.7 Å². The summed E-state index contributed by atoms with van der Waals surface area (Å²) in [4.78, 5) is 0. The molecule has 10 aromatic rings. The number of aliphatic hydroxyl groups is 1. The van der Waals surface area contributed by atoms with E-state index < -0.39 is 27.8 Å². The average molecular weight is 1080 g/mol. The molecule has 10 aromatic carbocycles. The van der Waals surface area contributed by atoms with Crippen LogP contribution in [0.3, 0.4) is 0 Å². The lowest BCUT2D eigenvalue weighted by Crippen LogP contribution is -2.33. The molecule has 1 N–H and O–H groups in total. The van der Waals surface area contributed by atoms with Crippen LogP contribution < -0.4 is 18.9 Å². The second-order valence-electron chi connectivity index (χ2n) is 22.4. The van der Waals surface area contributed by atoms with Crippen LogP contribution in [0.5, 0.6) is 23.0 Å². The highest BCUT2D eigenvalue weighted by Crippen LogP contribution is 2.63. The molecule has 4 unspecified atom stereocenters. The summed E-state index contributed by atoms with van der Waals surface area (Å²) in [6.45, 7) is 2.69. The van der Waals surface area contributed by atoms with Gasteiger partial charge in [0.2, 0.25) is 0 Å². The first kappa shape index (κ1) is 51.4. The zero-order valence-electron chi connectivity index (χ0n) is 45.7. The van der Waals surface area contributed by atoms with E-state index in [-0.39, 0.29) is 25.4 Å². The zero-order valence-corrected chi connectivity index (χ0v) is 45.7. The minimum atomic E-state index is -0.894. The number of hydrogen-bond acceptors (Lipinski definition) is 7. The van der Waals surface area contributed by atoms with Crippen LogP contribution in [0.2, 0.25) is 0 Å². The van der Waals surface area contributed by atoms with Crippen LogP contribution in [0, 0.1) is 0 Å². The number of rotatable bonds is 20. The van der Waals surface area contributed by atoms with E-state index in [1.807, 2.05) is 24.3 Å². The Bertz CT molecular complexity index is 3440. The highest BCUT2D eigenvalue weighted by Gasteiger charge is 2.57. The van der Waals surface area contributed by atoms with Gasteiger partial charge in [-0.05, 0) is 128 Å². The van der Waals surface area contributed by atoms with E-state index in [1.54, 1.807) is 0 Å². The monoisotopic (exact) mass is 1080 g/mol. The van der Waals surface area contributed by atoms with Crippen molar-refractivity contribution in [2.45, 2.75) is 52.8 Å². The Balaban J connectivity index is 0.731. The molecule has 14 rings (SSSR count). The van der Waals surface area contributed by atoms with E-state index in [2.05, 4.69) is 243 Å². The molecule has 2 aliphatic heterocycles. The van der Waals surface area contributed by atoms with Crippen LogP contribution in [0.4, 0.5) is 0 Å². The van der Waals surface area contributed by atoms with Crippen LogP contribution in [0.15, 0.2) is 267 Å². The molecule has 0 amide bonds. The Labute approximate surface area is 480 Å². The maximum absolute atomic E-state index is 11.5. The average Bonchev–Trinajstić information content (AvgIpc) is 1.82. The molecule has 0 spiro atoms. The molecule has 406 valence electrons. The molecular weight excluding hydrogens is 1010 g/mol. The van der Waals surface area contributed by atoms with Crippen LogP contribution in [0.25, 0.3) is 0 Å². The molecule has 7 heteroatoms. The normalized spacial score (nSPS) is 20.9. The number of ether oxygens (including phenoxy) is 6.